The summed E-state index contributed by atoms with van der Waals surface area (Å²) < 4.78 is 1.42. The van der Waals surface area contributed by atoms with Crippen molar-refractivity contribution in [1.29, 1.82) is 0 Å². The SMILES string of the molecule is Cn1c(CN)c[nH]c1=[N+]([O-])[O-]. The summed E-state index contributed by atoms with van der Waals surface area (Å²) >= 11 is 0. The lowest BCUT2D eigenvalue weighted by molar-refractivity contribution is 0.716. The molecule has 0 aromatic carbocycles. The molecule has 0 saturated heterocycles. The van der Waals surface area contributed by atoms with Crippen LogP contribution in [0.2, 0.25) is 0 Å². The number of hydrogen-bond acceptors (Lipinski definition) is 3. The summed E-state index contributed by atoms with van der Waals surface area (Å²) in [5.41, 5.74) is 5.96. The number of nitrogens with one attached hydrogen (secondary N) is 1. The smallest absolute Gasteiger partial charge is 0.358 e. The molecule has 62 valence electrons. The number of nitrogens with two attached hydrogens (primary N) is 1. The highest BCUT2D eigenvalue weighted by Crippen LogP contribution is 1.87. The average molecular weight is 157 g/mol. The third kappa shape index (κ3) is 1.20. The van der Waals surface area contributed by atoms with Crippen LogP contribution in [0.4, 0.5) is 0 Å². The predicted octanol–water partition coefficient (Wildman–Crippen LogP) is -1.42. The van der Waals surface area contributed by atoms with Crippen LogP contribution in [0.3, 0.4) is 0 Å². The molecule has 1 rings (SSSR count). The fraction of sp³-hybridized carbons (Fsp3) is 0.400. The zero-order valence-corrected chi connectivity index (χ0v) is 6.07. The molecule has 0 bridgehead atoms. The number of aromatic nitrogens is 2. The first-order chi connectivity index (χ1) is 5.16. The van der Waals surface area contributed by atoms with Gasteiger partial charge in [-0.1, -0.05) is 0 Å². The maximum absolute atomic E-state index is 10.3. The number of aromatic amines is 1. The second-order valence-corrected chi connectivity index (χ2v) is 2.12. The van der Waals surface area contributed by atoms with E-state index in [1.807, 2.05) is 0 Å². The number of H-pyrrole nitrogens is 1. The Labute approximate surface area is 62.7 Å². The first kappa shape index (κ1) is 7.67. The summed E-state index contributed by atoms with van der Waals surface area (Å²) in [5.74, 6) is 0. The van der Waals surface area contributed by atoms with Gasteiger partial charge in [0.1, 0.15) is 5.69 Å². The number of imidazole rings is 1. The minimum absolute atomic E-state index is 0.0505. The van der Waals surface area contributed by atoms with E-state index >= 15 is 0 Å². The topological polar surface area (TPSA) is 95.9 Å². The molecule has 1 aromatic rings. The maximum Gasteiger partial charge on any atom is 0.358 e. The van der Waals surface area contributed by atoms with Crippen LogP contribution in [0, 0.1) is 10.4 Å². The van der Waals surface area contributed by atoms with E-state index < -0.39 is 4.90 Å². The van der Waals surface area contributed by atoms with Crippen LogP contribution in [-0.2, 0) is 13.6 Å². The number of hydrogen-bond donors (Lipinski definition) is 2. The molecule has 0 spiro atoms. The Kier molecular flexibility index (Phi) is 1.86. The molecule has 1 aromatic heterocycles. The minimum Gasteiger partial charge on any atom is -0.744 e. The minimum atomic E-state index is -0.487. The van der Waals surface area contributed by atoms with E-state index in [1.165, 1.54) is 10.8 Å². The van der Waals surface area contributed by atoms with Crippen LogP contribution >= 0.6 is 0 Å². The third-order valence-electron chi connectivity index (χ3n) is 1.50. The monoisotopic (exact) mass is 157 g/mol. The normalized spacial score (nSPS) is 10.0. The molecule has 0 aliphatic carbocycles. The van der Waals surface area contributed by atoms with Gasteiger partial charge in [0, 0.05) is 0 Å². The van der Waals surface area contributed by atoms with Crippen LogP contribution < -0.4 is 16.3 Å². The lowest BCUT2D eigenvalue weighted by Gasteiger charge is -2.11. The second kappa shape index (κ2) is 2.67. The third-order valence-corrected chi connectivity index (χ3v) is 1.50. The Morgan fingerprint density at radius 1 is 1.73 bits per heavy atom. The van der Waals surface area contributed by atoms with Crippen molar-refractivity contribution in [2.75, 3.05) is 0 Å². The average Bonchev–Trinajstić information content (AvgIpc) is 2.30. The van der Waals surface area contributed by atoms with E-state index in [4.69, 9.17) is 5.73 Å². The molecule has 0 atom stereocenters. The van der Waals surface area contributed by atoms with Gasteiger partial charge in [-0.3, -0.25) is 4.90 Å². The Hall–Kier alpha value is -1.43. The molecule has 0 aliphatic rings. The van der Waals surface area contributed by atoms with E-state index in [0.717, 1.165) is 0 Å². The number of rotatable bonds is 1. The van der Waals surface area contributed by atoms with Crippen molar-refractivity contribution in [3.8, 4) is 0 Å². The number of nitrogens with zero attached hydrogens (tertiary/aromatic N) is 2. The van der Waals surface area contributed by atoms with Crippen molar-refractivity contribution >= 4 is 0 Å². The molecule has 0 unspecified atom stereocenters. The first-order valence-electron chi connectivity index (χ1n) is 3.07. The van der Waals surface area contributed by atoms with Crippen molar-refractivity contribution in [1.82, 2.24) is 14.5 Å². The molecule has 1 heterocycles. The second-order valence-electron chi connectivity index (χ2n) is 2.12. The van der Waals surface area contributed by atoms with Gasteiger partial charge >= 0.3 is 5.62 Å². The van der Waals surface area contributed by atoms with E-state index in [9.17, 15) is 10.4 Å². The van der Waals surface area contributed by atoms with Gasteiger partial charge in [-0.2, -0.15) is 0 Å². The van der Waals surface area contributed by atoms with E-state index in [2.05, 4.69) is 4.98 Å². The van der Waals surface area contributed by atoms with Crippen LogP contribution in [0.1, 0.15) is 5.69 Å². The molecule has 0 saturated carbocycles. The molecule has 0 fully saturated rings. The van der Waals surface area contributed by atoms with Gasteiger partial charge in [-0.25, -0.2) is 9.55 Å². The van der Waals surface area contributed by atoms with Crippen molar-refractivity contribution in [2.45, 2.75) is 6.54 Å². The van der Waals surface area contributed by atoms with Crippen LogP contribution in [-0.4, -0.2) is 9.55 Å². The van der Waals surface area contributed by atoms with Crippen molar-refractivity contribution in [2.24, 2.45) is 12.8 Å². The molecule has 3 N–H and O–H groups in total. The summed E-state index contributed by atoms with van der Waals surface area (Å²) in [6.45, 7) is 0.292. The van der Waals surface area contributed by atoms with Gasteiger partial charge in [-0.15, -0.1) is 0 Å². The maximum atomic E-state index is 10.3. The van der Waals surface area contributed by atoms with Crippen LogP contribution in [0.25, 0.3) is 0 Å². The van der Waals surface area contributed by atoms with Crippen molar-refractivity contribution < 1.29 is 0 Å². The van der Waals surface area contributed by atoms with Gasteiger partial charge in [0.05, 0.1) is 19.8 Å². The summed E-state index contributed by atoms with van der Waals surface area (Å²) in [6.07, 6.45) is 1.53. The van der Waals surface area contributed by atoms with Crippen molar-refractivity contribution in [3.63, 3.8) is 0 Å². The molecule has 0 radical (unpaired) electrons. The highest BCUT2D eigenvalue weighted by Gasteiger charge is 2.02. The first-order valence-corrected chi connectivity index (χ1v) is 3.07. The van der Waals surface area contributed by atoms with Crippen LogP contribution in [0.5, 0.6) is 0 Å². The standard InChI is InChI=1S/C5H9N4O2/c1-8-4(2-6)3-7-5(8)9(10)11/h3,7H,2,6H2,1H3/q-1. The summed E-state index contributed by atoms with van der Waals surface area (Å²) in [5, 5.41) is 20.5. The van der Waals surface area contributed by atoms with Gasteiger partial charge in [0.2, 0.25) is 0 Å². The quantitative estimate of drug-likeness (QED) is 0.489. The van der Waals surface area contributed by atoms with E-state index in [1.54, 1.807) is 7.05 Å². The molecule has 0 aliphatic heterocycles. The fourth-order valence-corrected chi connectivity index (χ4v) is 0.849. The summed E-state index contributed by atoms with van der Waals surface area (Å²) in [4.78, 5) is 2.02. The lowest BCUT2D eigenvalue weighted by Crippen LogP contribution is -2.29. The van der Waals surface area contributed by atoms with E-state index in [-0.39, 0.29) is 5.62 Å². The Bertz CT molecular complexity index is 307. The van der Waals surface area contributed by atoms with Gasteiger partial charge < -0.3 is 16.1 Å². The largest absolute Gasteiger partial charge is 0.744 e. The van der Waals surface area contributed by atoms with Crippen LogP contribution in [0.15, 0.2) is 6.20 Å². The zero-order valence-electron chi connectivity index (χ0n) is 6.07. The zero-order chi connectivity index (χ0) is 8.43. The van der Waals surface area contributed by atoms with Gasteiger partial charge in [0.15, 0.2) is 0 Å². The fourth-order valence-electron chi connectivity index (χ4n) is 0.849. The molecule has 6 nitrogen and oxygen atoms in total. The van der Waals surface area contributed by atoms with Gasteiger partial charge in [-0.05, 0) is 0 Å². The Morgan fingerprint density at radius 2 is 2.36 bits per heavy atom. The van der Waals surface area contributed by atoms with E-state index in [0.29, 0.717) is 12.2 Å². The van der Waals surface area contributed by atoms with Gasteiger partial charge in [0.25, 0.3) is 0 Å². The Morgan fingerprint density at radius 3 is 2.64 bits per heavy atom. The summed E-state index contributed by atoms with van der Waals surface area (Å²) in [6, 6.07) is 0. The highest BCUT2D eigenvalue weighted by atomic mass is 16.8. The molecular formula is C5H9N4O2-. The Balaban J connectivity index is 3.33. The molecular weight excluding hydrogens is 148 g/mol. The molecule has 6 heteroatoms. The highest BCUT2D eigenvalue weighted by molar-refractivity contribution is 4.96. The van der Waals surface area contributed by atoms with Crippen molar-refractivity contribution in [3.05, 3.63) is 27.9 Å². The lowest BCUT2D eigenvalue weighted by atomic mass is 10.5. The molecule has 0 amide bonds. The summed E-state index contributed by atoms with van der Waals surface area (Å²) in [7, 11) is 1.59. The predicted molar refractivity (Wildman–Crippen MR) is 39.7 cm³/mol. The molecule has 11 heavy (non-hydrogen) atoms.